The fraction of sp³-hybridized carbons (Fsp3) is 0.333. The molecule has 0 N–H and O–H groups in total. The number of hydrogen-bond acceptors (Lipinski definition) is 2. The third-order valence-electron chi connectivity index (χ3n) is 3.25. The predicted octanol–water partition coefficient (Wildman–Crippen LogP) is 1.73. The maximum atomic E-state index is 11.6. The van der Waals surface area contributed by atoms with E-state index in [-0.39, 0.29) is 11.6 Å². The zero-order chi connectivity index (χ0) is 9.71. The molecule has 0 aromatic carbocycles. The number of hydrogen-bond donors (Lipinski definition) is 0. The number of ketones is 2. The molecular formula is C12H10O2. The summed E-state index contributed by atoms with van der Waals surface area (Å²) in [6.07, 6.45) is 7.88. The van der Waals surface area contributed by atoms with Crippen LogP contribution >= 0.6 is 0 Å². The quantitative estimate of drug-likeness (QED) is 0.540. The SMILES string of the molecule is O=C1C=CC2=C3C(=CCC(=O)C13)CC2. The summed E-state index contributed by atoms with van der Waals surface area (Å²) < 4.78 is 0. The second kappa shape index (κ2) is 2.53. The van der Waals surface area contributed by atoms with E-state index >= 15 is 0 Å². The molecule has 0 aromatic heterocycles. The Hall–Kier alpha value is -1.44. The first kappa shape index (κ1) is 7.92. The van der Waals surface area contributed by atoms with Crippen LogP contribution in [0.3, 0.4) is 0 Å². The third kappa shape index (κ3) is 0.857. The first-order valence-corrected chi connectivity index (χ1v) is 4.94. The van der Waals surface area contributed by atoms with E-state index in [0.717, 1.165) is 18.4 Å². The van der Waals surface area contributed by atoms with Gasteiger partial charge in [0.1, 0.15) is 5.92 Å². The average molecular weight is 186 g/mol. The molecule has 1 unspecified atom stereocenters. The molecule has 0 aromatic rings. The minimum absolute atomic E-state index is 0.0266. The van der Waals surface area contributed by atoms with Crippen LogP contribution in [0, 0.1) is 5.92 Å². The normalized spacial score (nSPS) is 29.4. The monoisotopic (exact) mass is 186 g/mol. The molecule has 2 heteroatoms. The molecule has 0 saturated carbocycles. The second-order valence-corrected chi connectivity index (χ2v) is 4.01. The van der Waals surface area contributed by atoms with Crippen LogP contribution in [0.25, 0.3) is 0 Å². The van der Waals surface area contributed by atoms with Gasteiger partial charge in [-0.15, -0.1) is 0 Å². The highest BCUT2D eigenvalue weighted by atomic mass is 16.1. The molecule has 0 aliphatic heterocycles. The second-order valence-electron chi connectivity index (χ2n) is 4.01. The van der Waals surface area contributed by atoms with E-state index in [1.807, 2.05) is 12.2 Å². The fourth-order valence-electron chi connectivity index (χ4n) is 2.58. The van der Waals surface area contributed by atoms with Gasteiger partial charge < -0.3 is 0 Å². The average Bonchev–Trinajstić information content (AvgIpc) is 2.58. The highest BCUT2D eigenvalue weighted by molar-refractivity contribution is 6.13. The molecule has 14 heavy (non-hydrogen) atoms. The Labute approximate surface area is 82.0 Å². The standard InChI is InChI=1S/C12H10O2/c13-9-5-3-7-1-2-8-4-6-10(14)12(9)11(7)8/h3-5,12H,1-2,6H2. The summed E-state index contributed by atoms with van der Waals surface area (Å²) in [5.41, 5.74) is 3.48. The van der Waals surface area contributed by atoms with Gasteiger partial charge in [0.2, 0.25) is 0 Å². The van der Waals surface area contributed by atoms with E-state index in [9.17, 15) is 9.59 Å². The van der Waals surface area contributed by atoms with Crippen molar-refractivity contribution in [2.24, 2.45) is 5.92 Å². The summed E-state index contributed by atoms with van der Waals surface area (Å²) in [5, 5.41) is 0. The number of Topliss-reactive ketones (excluding diaryl/α,β-unsaturated/α-hetero) is 1. The summed E-state index contributed by atoms with van der Waals surface area (Å²) in [7, 11) is 0. The topological polar surface area (TPSA) is 34.1 Å². The first-order chi connectivity index (χ1) is 6.77. The summed E-state index contributed by atoms with van der Waals surface area (Å²) in [6, 6.07) is 0. The lowest BCUT2D eigenvalue weighted by atomic mass is 9.78. The molecular weight excluding hydrogens is 176 g/mol. The molecule has 1 atom stereocenters. The largest absolute Gasteiger partial charge is 0.298 e. The molecule has 3 rings (SSSR count). The molecule has 0 fully saturated rings. The van der Waals surface area contributed by atoms with Gasteiger partial charge in [0.15, 0.2) is 11.6 Å². The van der Waals surface area contributed by atoms with Gasteiger partial charge in [0, 0.05) is 6.42 Å². The molecule has 0 radical (unpaired) electrons. The van der Waals surface area contributed by atoms with Gasteiger partial charge in [-0.25, -0.2) is 0 Å². The summed E-state index contributed by atoms with van der Waals surface area (Å²) in [5.74, 6) is -0.406. The van der Waals surface area contributed by atoms with E-state index in [1.54, 1.807) is 6.08 Å². The van der Waals surface area contributed by atoms with Crippen LogP contribution in [0.15, 0.2) is 34.9 Å². The highest BCUT2D eigenvalue weighted by Crippen LogP contribution is 2.43. The Morgan fingerprint density at radius 1 is 1.14 bits per heavy atom. The van der Waals surface area contributed by atoms with Crippen LogP contribution in [0.1, 0.15) is 19.3 Å². The van der Waals surface area contributed by atoms with Crippen molar-refractivity contribution in [3.63, 3.8) is 0 Å². The van der Waals surface area contributed by atoms with Crippen molar-refractivity contribution in [3.8, 4) is 0 Å². The number of rotatable bonds is 0. The minimum atomic E-state index is -0.447. The van der Waals surface area contributed by atoms with Gasteiger partial charge >= 0.3 is 0 Å². The van der Waals surface area contributed by atoms with E-state index in [2.05, 4.69) is 0 Å². The predicted molar refractivity (Wildman–Crippen MR) is 51.6 cm³/mol. The van der Waals surface area contributed by atoms with Gasteiger partial charge in [-0.2, -0.15) is 0 Å². The first-order valence-electron chi connectivity index (χ1n) is 4.94. The maximum Gasteiger partial charge on any atom is 0.170 e. The Morgan fingerprint density at radius 3 is 2.86 bits per heavy atom. The smallest absolute Gasteiger partial charge is 0.170 e. The Morgan fingerprint density at radius 2 is 2.00 bits per heavy atom. The summed E-state index contributed by atoms with van der Waals surface area (Å²) >= 11 is 0. The van der Waals surface area contributed by atoms with E-state index < -0.39 is 5.92 Å². The van der Waals surface area contributed by atoms with Crippen LogP contribution in [0.2, 0.25) is 0 Å². The molecule has 0 heterocycles. The van der Waals surface area contributed by atoms with Crippen molar-refractivity contribution >= 4 is 11.6 Å². The molecule has 0 saturated heterocycles. The lowest BCUT2D eigenvalue weighted by molar-refractivity contribution is -0.128. The molecule has 70 valence electrons. The van der Waals surface area contributed by atoms with Crippen LogP contribution in [0.4, 0.5) is 0 Å². The van der Waals surface area contributed by atoms with Crippen molar-refractivity contribution in [1.82, 2.24) is 0 Å². The van der Waals surface area contributed by atoms with E-state index in [0.29, 0.717) is 6.42 Å². The van der Waals surface area contributed by atoms with Gasteiger partial charge in [-0.1, -0.05) is 12.2 Å². The van der Waals surface area contributed by atoms with Crippen LogP contribution < -0.4 is 0 Å². The Kier molecular flexibility index (Phi) is 1.43. The van der Waals surface area contributed by atoms with Gasteiger partial charge in [-0.3, -0.25) is 9.59 Å². The van der Waals surface area contributed by atoms with Crippen molar-refractivity contribution in [1.29, 1.82) is 0 Å². The Balaban J connectivity index is 2.23. The van der Waals surface area contributed by atoms with Crippen LogP contribution in [-0.4, -0.2) is 11.6 Å². The van der Waals surface area contributed by atoms with Crippen molar-refractivity contribution in [2.75, 3.05) is 0 Å². The molecule has 3 aliphatic carbocycles. The lowest BCUT2D eigenvalue weighted by Crippen LogP contribution is -2.29. The van der Waals surface area contributed by atoms with Crippen molar-refractivity contribution < 1.29 is 9.59 Å². The number of carbonyl (C=O) groups is 2. The lowest BCUT2D eigenvalue weighted by Gasteiger charge is -2.23. The summed E-state index contributed by atoms with van der Waals surface area (Å²) in [6.45, 7) is 0. The zero-order valence-corrected chi connectivity index (χ0v) is 7.75. The van der Waals surface area contributed by atoms with Gasteiger partial charge in [0.25, 0.3) is 0 Å². The molecule has 3 aliphatic rings. The molecule has 0 amide bonds. The number of carbonyl (C=O) groups excluding carboxylic acids is 2. The molecule has 0 spiro atoms. The van der Waals surface area contributed by atoms with Crippen LogP contribution in [-0.2, 0) is 9.59 Å². The Bertz CT molecular complexity index is 435. The molecule has 0 bridgehead atoms. The minimum Gasteiger partial charge on any atom is -0.298 e. The maximum absolute atomic E-state index is 11.6. The van der Waals surface area contributed by atoms with Crippen LogP contribution in [0.5, 0.6) is 0 Å². The zero-order valence-electron chi connectivity index (χ0n) is 7.75. The highest BCUT2D eigenvalue weighted by Gasteiger charge is 2.38. The van der Waals surface area contributed by atoms with Gasteiger partial charge in [0.05, 0.1) is 0 Å². The number of allylic oxidation sites excluding steroid dienone is 6. The fourth-order valence-corrected chi connectivity index (χ4v) is 2.58. The van der Waals surface area contributed by atoms with E-state index in [4.69, 9.17) is 0 Å². The van der Waals surface area contributed by atoms with Gasteiger partial charge in [-0.05, 0) is 35.6 Å². The van der Waals surface area contributed by atoms with Crippen molar-refractivity contribution in [3.05, 3.63) is 34.9 Å². The summed E-state index contributed by atoms with van der Waals surface area (Å²) in [4.78, 5) is 23.2. The third-order valence-corrected chi connectivity index (χ3v) is 3.25. The van der Waals surface area contributed by atoms with Crippen molar-refractivity contribution in [2.45, 2.75) is 19.3 Å². The van der Waals surface area contributed by atoms with E-state index in [1.165, 1.54) is 11.1 Å². The molecule has 2 nitrogen and oxygen atoms in total.